The Morgan fingerprint density at radius 3 is 2.70 bits per heavy atom. The molecule has 134 valence electrons. The fourth-order valence-electron chi connectivity index (χ4n) is 2.62. The number of hydrogen-bond donors (Lipinski definition) is 2. The van der Waals surface area contributed by atoms with Crippen molar-refractivity contribution in [2.24, 2.45) is 5.10 Å². The van der Waals surface area contributed by atoms with E-state index in [4.69, 9.17) is 16.9 Å². The fraction of sp³-hybridized carbons (Fsp3) is 0.0526. The molecule has 0 fully saturated rings. The number of carbonyl (C=O) groups is 1. The van der Waals surface area contributed by atoms with E-state index in [9.17, 15) is 14.7 Å². The Labute approximate surface area is 158 Å². The van der Waals surface area contributed by atoms with E-state index in [0.29, 0.717) is 21.5 Å². The van der Waals surface area contributed by atoms with E-state index < -0.39 is 11.5 Å². The number of amides is 1. The predicted molar refractivity (Wildman–Crippen MR) is 102 cm³/mol. The number of nitrogens with one attached hydrogen (secondary N) is 1. The molecule has 3 aromatic rings. The van der Waals surface area contributed by atoms with Crippen LogP contribution >= 0.6 is 11.6 Å². The second-order valence-corrected chi connectivity index (χ2v) is 5.97. The molecular weight excluding hydrogens is 368 g/mol. The summed E-state index contributed by atoms with van der Waals surface area (Å²) in [5.74, 6) is -0.931. The minimum atomic E-state index is -0.583. The Morgan fingerprint density at radius 2 is 2.00 bits per heavy atom. The molecule has 0 spiro atoms. The number of halogens is 1. The van der Waals surface area contributed by atoms with Crippen molar-refractivity contribution < 1.29 is 9.90 Å². The zero-order chi connectivity index (χ0) is 19.4. The van der Waals surface area contributed by atoms with Crippen LogP contribution in [0.4, 0.5) is 0 Å². The Bertz CT molecular complexity index is 1160. The number of aromatic hydroxyl groups is 1. The molecule has 0 radical (unpaired) electrons. The summed E-state index contributed by atoms with van der Waals surface area (Å²) in [7, 11) is 0. The number of pyridine rings is 1. The maximum absolute atomic E-state index is 12.9. The van der Waals surface area contributed by atoms with Crippen LogP contribution in [0.3, 0.4) is 0 Å². The lowest BCUT2D eigenvalue weighted by molar-refractivity contribution is -0.120. The highest BCUT2D eigenvalue weighted by molar-refractivity contribution is 6.30. The van der Waals surface area contributed by atoms with Crippen LogP contribution in [0.15, 0.2) is 58.4 Å². The van der Waals surface area contributed by atoms with Gasteiger partial charge in [0.05, 0.1) is 23.5 Å². The molecule has 1 aromatic heterocycles. The molecule has 1 amide bonds. The Hall–Kier alpha value is -3.63. The average molecular weight is 381 g/mol. The Morgan fingerprint density at radius 1 is 1.26 bits per heavy atom. The van der Waals surface area contributed by atoms with Crippen molar-refractivity contribution in [1.82, 2.24) is 9.99 Å². The molecule has 1 heterocycles. The van der Waals surface area contributed by atoms with Gasteiger partial charge in [0.15, 0.2) is 0 Å². The van der Waals surface area contributed by atoms with Gasteiger partial charge < -0.3 is 5.11 Å². The van der Waals surface area contributed by atoms with Gasteiger partial charge in [-0.1, -0.05) is 35.9 Å². The predicted octanol–water partition coefficient (Wildman–Crippen LogP) is 2.71. The van der Waals surface area contributed by atoms with Crippen LogP contribution in [0, 0.1) is 11.3 Å². The van der Waals surface area contributed by atoms with Crippen LogP contribution in [0.2, 0.25) is 5.02 Å². The van der Waals surface area contributed by atoms with Crippen molar-refractivity contribution in [1.29, 1.82) is 5.26 Å². The van der Waals surface area contributed by atoms with Crippen LogP contribution in [-0.4, -0.2) is 21.8 Å². The first-order chi connectivity index (χ1) is 13.0. The number of benzene rings is 2. The number of aromatic nitrogens is 1. The zero-order valence-corrected chi connectivity index (χ0v) is 14.6. The van der Waals surface area contributed by atoms with Gasteiger partial charge in [-0.15, -0.1) is 0 Å². The summed E-state index contributed by atoms with van der Waals surface area (Å²) < 4.78 is 1.12. The Kier molecular flexibility index (Phi) is 5.20. The van der Waals surface area contributed by atoms with E-state index in [1.54, 1.807) is 54.6 Å². The smallest absolute Gasteiger partial charge is 0.265 e. The molecule has 0 aliphatic rings. The average Bonchev–Trinajstić information content (AvgIpc) is 2.65. The zero-order valence-electron chi connectivity index (χ0n) is 13.9. The van der Waals surface area contributed by atoms with Gasteiger partial charge in [0, 0.05) is 15.8 Å². The lowest BCUT2D eigenvalue weighted by Crippen LogP contribution is -2.21. The van der Waals surface area contributed by atoms with Gasteiger partial charge in [-0.25, -0.2) is 9.99 Å². The minimum absolute atomic E-state index is 0.238. The molecule has 0 aliphatic heterocycles. The SMILES string of the molecule is N#CCC(=O)N/N=C/c1c(O)n(-c2cccc(Cl)c2)c(=O)c2ccccc12. The lowest BCUT2D eigenvalue weighted by atomic mass is 10.1. The van der Waals surface area contributed by atoms with Crippen LogP contribution in [0.5, 0.6) is 5.88 Å². The molecule has 0 atom stereocenters. The van der Waals surface area contributed by atoms with Gasteiger partial charge in [0.2, 0.25) is 5.88 Å². The highest BCUT2D eigenvalue weighted by Crippen LogP contribution is 2.26. The second-order valence-electron chi connectivity index (χ2n) is 5.53. The standard InChI is InChI=1S/C19H13ClN4O3/c20-12-4-3-5-13(10-12)24-18(26)15-7-2-1-6-14(15)16(19(24)27)11-22-23-17(25)8-9-21/h1-7,10-11,27H,8H2,(H,23,25)/b22-11+. The highest BCUT2D eigenvalue weighted by Gasteiger charge is 2.16. The summed E-state index contributed by atoms with van der Waals surface area (Å²) in [5.41, 5.74) is 2.40. The largest absolute Gasteiger partial charge is 0.494 e. The molecule has 3 rings (SSSR count). The summed E-state index contributed by atoms with van der Waals surface area (Å²) in [6.45, 7) is 0. The van der Waals surface area contributed by atoms with Crippen LogP contribution in [0.25, 0.3) is 16.5 Å². The first kappa shape index (κ1) is 18.2. The quantitative estimate of drug-likeness (QED) is 0.536. The van der Waals surface area contributed by atoms with Crippen LogP contribution in [0.1, 0.15) is 12.0 Å². The third-order valence-corrected chi connectivity index (χ3v) is 4.03. The number of carbonyl (C=O) groups excluding carboxylic acids is 1. The lowest BCUT2D eigenvalue weighted by Gasteiger charge is -2.13. The van der Waals surface area contributed by atoms with Gasteiger partial charge in [-0.05, 0) is 24.3 Å². The van der Waals surface area contributed by atoms with E-state index in [1.165, 1.54) is 6.21 Å². The van der Waals surface area contributed by atoms with E-state index >= 15 is 0 Å². The molecule has 0 unspecified atom stereocenters. The van der Waals surface area contributed by atoms with Crippen molar-refractivity contribution in [3.05, 3.63) is 69.5 Å². The molecule has 0 bridgehead atoms. The van der Waals surface area contributed by atoms with E-state index in [2.05, 4.69) is 10.5 Å². The number of rotatable bonds is 4. The van der Waals surface area contributed by atoms with Crippen LogP contribution < -0.4 is 11.0 Å². The molecular formula is C19H13ClN4O3. The molecule has 2 aromatic carbocycles. The fourth-order valence-corrected chi connectivity index (χ4v) is 2.81. The summed E-state index contributed by atoms with van der Waals surface area (Å²) in [4.78, 5) is 24.3. The third kappa shape index (κ3) is 3.66. The number of hydrazone groups is 1. The summed E-state index contributed by atoms with van der Waals surface area (Å²) in [5, 5.41) is 24.3. The molecule has 27 heavy (non-hydrogen) atoms. The molecule has 0 aliphatic carbocycles. The molecule has 8 heteroatoms. The summed E-state index contributed by atoms with van der Waals surface area (Å²) in [6, 6.07) is 14.9. The second kappa shape index (κ2) is 7.72. The van der Waals surface area contributed by atoms with Gasteiger partial charge >= 0.3 is 0 Å². The number of hydrogen-bond acceptors (Lipinski definition) is 5. The third-order valence-electron chi connectivity index (χ3n) is 3.79. The number of nitriles is 1. The molecule has 0 saturated heterocycles. The molecule has 2 N–H and O–H groups in total. The molecule has 0 saturated carbocycles. The van der Waals surface area contributed by atoms with E-state index in [1.807, 2.05) is 0 Å². The van der Waals surface area contributed by atoms with Crippen molar-refractivity contribution in [3.63, 3.8) is 0 Å². The van der Waals surface area contributed by atoms with Crippen molar-refractivity contribution in [3.8, 4) is 17.6 Å². The van der Waals surface area contributed by atoms with Crippen molar-refractivity contribution >= 4 is 34.5 Å². The van der Waals surface area contributed by atoms with Gasteiger partial charge in [0.25, 0.3) is 11.5 Å². The van der Waals surface area contributed by atoms with Crippen molar-refractivity contribution in [2.75, 3.05) is 0 Å². The van der Waals surface area contributed by atoms with E-state index in [-0.39, 0.29) is 17.9 Å². The summed E-state index contributed by atoms with van der Waals surface area (Å²) >= 11 is 6.01. The first-order valence-electron chi connectivity index (χ1n) is 7.84. The first-order valence-corrected chi connectivity index (χ1v) is 8.22. The van der Waals surface area contributed by atoms with Crippen molar-refractivity contribution in [2.45, 2.75) is 6.42 Å². The number of fused-ring (bicyclic) bond motifs is 1. The van der Waals surface area contributed by atoms with Crippen LogP contribution in [-0.2, 0) is 4.79 Å². The Balaban J connectivity index is 2.21. The number of nitrogens with zero attached hydrogens (tertiary/aromatic N) is 3. The molecule has 7 nitrogen and oxygen atoms in total. The maximum atomic E-state index is 12.9. The van der Waals surface area contributed by atoms with Gasteiger partial charge in [0.1, 0.15) is 6.42 Å². The van der Waals surface area contributed by atoms with Gasteiger partial charge in [-0.2, -0.15) is 10.4 Å². The highest BCUT2D eigenvalue weighted by atomic mass is 35.5. The maximum Gasteiger partial charge on any atom is 0.265 e. The summed E-state index contributed by atoms with van der Waals surface area (Å²) in [6.07, 6.45) is 0.888. The topological polar surface area (TPSA) is 107 Å². The minimum Gasteiger partial charge on any atom is -0.494 e. The normalized spacial score (nSPS) is 10.8. The van der Waals surface area contributed by atoms with Gasteiger partial charge in [-0.3, -0.25) is 9.59 Å². The monoisotopic (exact) mass is 380 g/mol. The van der Waals surface area contributed by atoms with E-state index in [0.717, 1.165) is 4.57 Å².